The molecule has 0 aliphatic rings. The Labute approximate surface area is 148 Å². The van der Waals surface area contributed by atoms with Crippen LogP contribution < -0.4 is 15.4 Å². The molecule has 0 bridgehead atoms. The van der Waals surface area contributed by atoms with Crippen molar-refractivity contribution < 1.29 is 9.53 Å². The molecular formula is C18H27N5O2. The number of aromatic nitrogens is 3. The van der Waals surface area contributed by atoms with Gasteiger partial charge in [-0.3, -0.25) is 0 Å². The van der Waals surface area contributed by atoms with Crippen LogP contribution in [-0.4, -0.2) is 33.7 Å². The Balaban J connectivity index is 1.85. The largest absolute Gasteiger partial charge is 0.494 e. The molecule has 1 unspecified atom stereocenters. The van der Waals surface area contributed by atoms with Gasteiger partial charge in [0.25, 0.3) is 0 Å². The maximum absolute atomic E-state index is 12.2. The van der Waals surface area contributed by atoms with E-state index in [1.165, 1.54) is 0 Å². The van der Waals surface area contributed by atoms with E-state index in [1.807, 2.05) is 24.3 Å². The van der Waals surface area contributed by atoms with Crippen LogP contribution in [0.3, 0.4) is 0 Å². The highest BCUT2D eigenvalue weighted by Gasteiger charge is 2.17. The summed E-state index contributed by atoms with van der Waals surface area (Å²) in [7, 11) is 0. The molecule has 25 heavy (non-hydrogen) atoms. The Kier molecular flexibility index (Phi) is 7.25. The third kappa shape index (κ3) is 6.45. The van der Waals surface area contributed by atoms with Gasteiger partial charge in [0.2, 0.25) is 0 Å². The van der Waals surface area contributed by atoms with Crippen molar-refractivity contribution in [1.82, 2.24) is 20.3 Å². The average Bonchev–Trinajstić information content (AvgIpc) is 3.09. The second kappa shape index (κ2) is 9.66. The first-order valence-electron chi connectivity index (χ1n) is 8.73. The number of nitrogens with one attached hydrogen (secondary N) is 2. The molecule has 7 nitrogen and oxygen atoms in total. The zero-order valence-electron chi connectivity index (χ0n) is 15.1. The summed E-state index contributed by atoms with van der Waals surface area (Å²) in [5.74, 6) is 1.07. The Morgan fingerprint density at radius 1 is 1.20 bits per heavy atom. The first kappa shape index (κ1) is 18.8. The van der Waals surface area contributed by atoms with E-state index in [0.29, 0.717) is 13.2 Å². The number of amides is 2. The van der Waals surface area contributed by atoms with Crippen LogP contribution >= 0.6 is 0 Å². The number of benzene rings is 1. The van der Waals surface area contributed by atoms with E-state index < -0.39 is 0 Å². The topological polar surface area (TPSA) is 81.1 Å². The molecule has 2 N–H and O–H groups in total. The molecule has 136 valence electrons. The fraction of sp³-hybridized carbons (Fsp3) is 0.500. The second-order valence-corrected chi connectivity index (χ2v) is 6.26. The summed E-state index contributed by atoms with van der Waals surface area (Å²) < 4.78 is 5.62. The minimum absolute atomic E-state index is 0.0657. The SMILES string of the molecule is CCCCOc1ccc(NC(=O)NC(Cn2nccn2)C(C)C)cc1. The van der Waals surface area contributed by atoms with E-state index in [1.54, 1.807) is 17.2 Å². The summed E-state index contributed by atoms with van der Waals surface area (Å²) in [6.07, 6.45) is 5.39. The first-order valence-corrected chi connectivity index (χ1v) is 8.73. The summed E-state index contributed by atoms with van der Waals surface area (Å²) in [6.45, 7) is 7.47. The molecule has 1 aromatic carbocycles. The number of nitrogens with zero attached hydrogens (tertiary/aromatic N) is 3. The van der Waals surface area contributed by atoms with Crippen LogP contribution in [0.25, 0.3) is 0 Å². The lowest BCUT2D eigenvalue weighted by molar-refractivity contribution is 0.239. The third-order valence-corrected chi connectivity index (χ3v) is 3.83. The van der Waals surface area contributed by atoms with Crippen LogP contribution in [0.5, 0.6) is 5.75 Å². The number of ether oxygens (including phenoxy) is 1. The average molecular weight is 345 g/mol. The number of carbonyl (C=O) groups is 1. The number of rotatable bonds is 9. The predicted molar refractivity (Wildman–Crippen MR) is 97.6 cm³/mol. The Bertz CT molecular complexity index is 625. The maximum atomic E-state index is 12.2. The third-order valence-electron chi connectivity index (χ3n) is 3.83. The minimum atomic E-state index is -0.245. The van der Waals surface area contributed by atoms with Gasteiger partial charge in [-0.15, -0.1) is 0 Å². The van der Waals surface area contributed by atoms with Crippen molar-refractivity contribution >= 4 is 11.7 Å². The Morgan fingerprint density at radius 3 is 2.48 bits per heavy atom. The van der Waals surface area contributed by atoms with Gasteiger partial charge >= 0.3 is 6.03 Å². The van der Waals surface area contributed by atoms with Crippen molar-refractivity contribution in [1.29, 1.82) is 0 Å². The van der Waals surface area contributed by atoms with Gasteiger partial charge in [0.1, 0.15) is 5.75 Å². The smallest absolute Gasteiger partial charge is 0.319 e. The van der Waals surface area contributed by atoms with Crippen molar-refractivity contribution in [3.8, 4) is 5.75 Å². The molecule has 0 saturated carbocycles. The van der Waals surface area contributed by atoms with E-state index in [4.69, 9.17) is 4.74 Å². The standard InChI is InChI=1S/C18H27N5O2/c1-4-5-12-25-16-8-6-15(7-9-16)21-18(24)22-17(14(2)3)13-23-19-10-11-20-23/h6-11,14,17H,4-5,12-13H2,1-3H3,(H2,21,22,24). The molecule has 0 aliphatic heterocycles. The van der Waals surface area contributed by atoms with Crippen molar-refractivity contribution in [3.05, 3.63) is 36.7 Å². The maximum Gasteiger partial charge on any atom is 0.319 e. The van der Waals surface area contributed by atoms with Crippen LogP contribution in [0.15, 0.2) is 36.7 Å². The van der Waals surface area contributed by atoms with Crippen molar-refractivity contribution in [3.63, 3.8) is 0 Å². The van der Waals surface area contributed by atoms with Gasteiger partial charge in [-0.1, -0.05) is 27.2 Å². The van der Waals surface area contributed by atoms with Gasteiger partial charge < -0.3 is 15.4 Å². The number of unbranched alkanes of at least 4 members (excludes halogenated alkanes) is 1. The quantitative estimate of drug-likeness (QED) is 0.683. The molecule has 1 heterocycles. The lowest BCUT2D eigenvalue weighted by atomic mass is 10.1. The highest BCUT2D eigenvalue weighted by Crippen LogP contribution is 2.16. The van der Waals surface area contributed by atoms with E-state index in [0.717, 1.165) is 24.3 Å². The number of carbonyl (C=O) groups excluding carboxylic acids is 1. The molecule has 2 aromatic rings. The predicted octanol–water partition coefficient (Wildman–Crippen LogP) is 3.30. The molecule has 7 heteroatoms. The normalized spacial score (nSPS) is 12.0. The van der Waals surface area contributed by atoms with E-state index >= 15 is 0 Å². The van der Waals surface area contributed by atoms with Gasteiger partial charge in [-0.05, 0) is 36.6 Å². The molecule has 0 fully saturated rings. The zero-order valence-corrected chi connectivity index (χ0v) is 15.1. The Hall–Kier alpha value is -2.57. The van der Waals surface area contributed by atoms with Crippen LogP contribution in [0, 0.1) is 5.92 Å². The molecule has 1 aromatic heterocycles. The van der Waals surface area contributed by atoms with Gasteiger partial charge in [-0.2, -0.15) is 15.0 Å². The van der Waals surface area contributed by atoms with Gasteiger partial charge in [0, 0.05) is 5.69 Å². The van der Waals surface area contributed by atoms with Crippen molar-refractivity contribution in [2.45, 2.75) is 46.2 Å². The molecule has 0 spiro atoms. The van der Waals surface area contributed by atoms with Crippen LogP contribution in [0.1, 0.15) is 33.6 Å². The molecule has 0 aliphatic carbocycles. The fourth-order valence-electron chi connectivity index (χ4n) is 2.24. The highest BCUT2D eigenvalue weighted by molar-refractivity contribution is 5.89. The van der Waals surface area contributed by atoms with Gasteiger partial charge in [0.15, 0.2) is 0 Å². The van der Waals surface area contributed by atoms with Crippen LogP contribution in [0.2, 0.25) is 0 Å². The highest BCUT2D eigenvalue weighted by atomic mass is 16.5. The lowest BCUT2D eigenvalue weighted by Crippen LogP contribution is -2.44. The van der Waals surface area contributed by atoms with Crippen molar-refractivity contribution in [2.75, 3.05) is 11.9 Å². The fourth-order valence-corrected chi connectivity index (χ4v) is 2.24. The summed E-state index contributed by atoms with van der Waals surface area (Å²) >= 11 is 0. The summed E-state index contributed by atoms with van der Waals surface area (Å²) in [5, 5.41) is 14.0. The molecule has 0 radical (unpaired) electrons. The summed E-state index contributed by atoms with van der Waals surface area (Å²) in [6, 6.07) is 7.08. The summed E-state index contributed by atoms with van der Waals surface area (Å²) in [5.41, 5.74) is 0.722. The lowest BCUT2D eigenvalue weighted by Gasteiger charge is -2.22. The minimum Gasteiger partial charge on any atom is -0.494 e. The number of urea groups is 1. The van der Waals surface area contributed by atoms with Crippen molar-refractivity contribution in [2.24, 2.45) is 5.92 Å². The van der Waals surface area contributed by atoms with Gasteiger partial charge in [0.05, 0.1) is 31.6 Å². The summed E-state index contributed by atoms with van der Waals surface area (Å²) in [4.78, 5) is 13.8. The van der Waals surface area contributed by atoms with Gasteiger partial charge in [-0.25, -0.2) is 4.79 Å². The monoisotopic (exact) mass is 345 g/mol. The molecule has 2 amide bonds. The molecule has 1 atom stereocenters. The molecular weight excluding hydrogens is 318 g/mol. The van der Waals surface area contributed by atoms with Crippen LogP contribution in [-0.2, 0) is 6.54 Å². The van der Waals surface area contributed by atoms with Crippen LogP contribution in [0.4, 0.5) is 10.5 Å². The number of hydrogen-bond acceptors (Lipinski definition) is 4. The zero-order chi connectivity index (χ0) is 18.1. The molecule has 2 rings (SSSR count). The van der Waals surface area contributed by atoms with E-state index in [9.17, 15) is 4.79 Å². The first-order chi connectivity index (χ1) is 12.1. The number of anilines is 1. The van der Waals surface area contributed by atoms with E-state index in [2.05, 4.69) is 41.6 Å². The van der Waals surface area contributed by atoms with E-state index in [-0.39, 0.29) is 18.0 Å². The second-order valence-electron chi connectivity index (χ2n) is 6.26. The molecule has 0 saturated heterocycles. The Morgan fingerprint density at radius 2 is 1.88 bits per heavy atom. The number of hydrogen-bond donors (Lipinski definition) is 2.